The molecule has 2 bridgehead atoms. The first kappa shape index (κ1) is 21.4. The normalized spacial score (nSPS) is 31.4. The molecule has 5 atom stereocenters. The standard InChI is InChI=1S/C21H28ClN3O2.ClH/c1-12-4-2-3-9-25(12)21(27)16-8-7-15(11-17(16)22)24-20(26)18-13-5-6-14(10-13)19(18)23;/h7-8,11-14,18-19H,2-6,9-10,23H2,1H3,(H,24,26);1H. The Kier molecular flexibility index (Phi) is 6.58. The molecule has 154 valence electrons. The molecular weight excluding hydrogens is 397 g/mol. The van der Waals surface area contributed by atoms with Crippen LogP contribution in [0.3, 0.4) is 0 Å². The van der Waals surface area contributed by atoms with Crippen molar-refractivity contribution in [2.24, 2.45) is 23.5 Å². The van der Waals surface area contributed by atoms with Gasteiger partial charge >= 0.3 is 0 Å². The summed E-state index contributed by atoms with van der Waals surface area (Å²) in [6.45, 7) is 2.86. The minimum atomic E-state index is -0.113. The minimum absolute atomic E-state index is 0. The highest BCUT2D eigenvalue weighted by Gasteiger charge is 2.49. The number of anilines is 1. The highest BCUT2D eigenvalue weighted by Crippen LogP contribution is 2.48. The molecule has 0 spiro atoms. The minimum Gasteiger partial charge on any atom is -0.336 e. The smallest absolute Gasteiger partial charge is 0.255 e. The number of hydrogen-bond donors (Lipinski definition) is 2. The van der Waals surface area contributed by atoms with Gasteiger partial charge in [-0.2, -0.15) is 0 Å². The van der Waals surface area contributed by atoms with E-state index in [-0.39, 0.29) is 42.2 Å². The SMILES string of the molecule is CC1CCCCN1C(=O)c1ccc(NC(=O)C2C3CCC(C3)C2N)cc1Cl.Cl. The molecule has 1 heterocycles. The number of rotatable bonds is 3. The maximum Gasteiger partial charge on any atom is 0.255 e. The fourth-order valence-electron chi connectivity index (χ4n) is 5.27. The first-order chi connectivity index (χ1) is 13.0. The Hall–Kier alpha value is -1.30. The number of benzene rings is 1. The maximum absolute atomic E-state index is 12.8. The summed E-state index contributed by atoms with van der Waals surface area (Å²) in [4.78, 5) is 27.5. The topological polar surface area (TPSA) is 75.4 Å². The van der Waals surface area contributed by atoms with E-state index in [1.807, 2.05) is 4.90 Å². The van der Waals surface area contributed by atoms with E-state index < -0.39 is 0 Å². The molecule has 2 saturated carbocycles. The number of fused-ring (bicyclic) bond motifs is 2. The average Bonchev–Trinajstić information content (AvgIpc) is 3.23. The quantitative estimate of drug-likeness (QED) is 0.765. The number of amides is 2. The number of halogens is 2. The third-order valence-corrected chi connectivity index (χ3v) is 7.13. The van der Waals surface area contributed by atoms with Gasteiger partial charge in [-0.05, 0) is 75.5 Å². The van der Waals surface area contributed by atoms with E-state index in [0.29, 0.717) is 28.1 Å². The molecular formula is C21H29Cl2N3O2. The second kappa shape index (κ2) is 8.60. The maximum atomic E-state index is 12.8. The molecule has 3 aliphatic rings. The lowest BCUT2D eigenvalue weighted by Crippen LogP contribution is -2.42. The van der Waals surface area contributed by atoms with Gasteiger partial charge in [-0.3, -0.25) is 9.59 Å². The van der Waals surface area contributed by atoms with Crippen molar-refractivity contribution in [1.29, 1.82) is 0 Å². The Morgan fingerprint density at radius 1 is 1.18 bits per heavy atom. The first-order valence-corrected chi connectivity index (χ1v) is 10.5. The number of carbonyl (C=O) groups is 2. The molecule has 4 rings (SSSR count). The van der Waals surface area contributed by atoms with E-state index in [2.05, 4.69) is 12.2 Å². The van der Waals surface area contributed by atoms with Crippen molar-refractivity contribution in [3.05, 3.63) is 28.8 Å². The van der Waals surface area contributed by atoms with Gasteiger partial charge in [-0.15, -0.1) is 12.4 Å². The van der Waals surface area contributed by atoms with Gasteiger partial charge in [0.2, 0.25) is 5.91 Å². The Labute approximate surface area is 177 Å². The second-order valence-corrected chi connectivity index (χ2v) is 8.87. The Bertz CT molecular complexity index is 755. The summed E-state index contributed by atoms with van der Waals surface area (Å²) >= 11 is 6.40. The van der Waals surface area contributed by atoms with E-state index in [0.717, 1.165) is 45.1 Å². The number of nitrogens with one attached hydrogen (secondary N) is 1. The zero-order chi connectivity index (χ0) is 19.1. The van der Waals surface area contributed by atoms with Gasteiger partial charge < -0.3 is 16.0 Å². The number of nitrogens with zero attached hydrogens (tertiary/aromatic N) is 1. The molecule has 2 amide bonds. The summed E-state index contributed by atoms with van der Waals surface area (Å²) in [6.07, 6.45) is 6.54. The number of carbonyl (C=O) groups excluding carboxylic acids is 2. The molecule has 2 aliphatic carbocycles. The summed E-state index contributed by atoms with van der Waals surface area (Å²) < 4.78 is 0. The van der Waals surface area contributed by atoms with Crippen LogP contribution in [0.5, 0.6) is 0 Å². The van der Waals surface area contributed by atoms with Crippen LogP contribution in [0.4, 0.5) is 5.69 Å². The summed E-state index contributed by atoms with van der Waals surface area (Å²) in [7, 11) is 0. The fraction of sp³-hybridized carbons (Fsp3) is 0.619. The molecule has 5 nitrogen and oxygen atoms in total. The van der Waals surface area contributed by atoms with Crippen LogP contribution in [0.1, 0.15) is 55.8 Å². The largest absolute Gasteiger partial charge is 0.336 e. The van der Waals surface area contributed by atoms with Crippen LogP contribution >= 0.6 is 24.0 Å². The molecule has 3 N–H and O–H groups in total. The van der Waals surface area contributed by atoms with Gasteiger partial charge in [-0.1, -0.05) is 11.6 Å². The Morgan fingerprint density at radius 3 is 2.57 bits per heavy atom. The molecule has 0 aromatic heterocycles. The van der Waals surface area contributed by atoms with Crippen LogP contribution in [-0.2, 0) is 4.79 Å². The zero-order valence-corrected chi connectivity index (χ0v) is 17.8. The van der Waals surface area contributed by atoms with Crippen molar-refractivity contribution in [3.8, 4) is 0 Å². The summed E-state index contributed by atoms with van der Waals surface area (Å²) in [6, 6.07) is 5.37. The molecule has 0 radical (unpaired) electrons. The predicted molar refractivity (Wildman–Crippen MR) is 114 cm³/mol. The third-order valence-electron chi connectivity index (χ3n) is 6.81. The van der Waals surface area contributed by atoms with E-state index in [4.69, 9.17) is 17.3 Å². The molecule has 3 fully saturated rings. The van der Waals surface area contributed by atoms with Crippen molar-refractivity contribution in [2.75, 3.05) is 11.9 Å². The van der Waals surface area contributed by atoms with Gasteiger partial charge in [0, 0.05) is 24.3 Å². The molecule has 1 aliphatic heterocycles. The van der Waals surface area contributed by atoms with Crippen LogP contribution in [0, 0.1) is 17.8 Å². The lowest BCUT2D eigenvalue weighted by molar-refractivity contribution is -0.121. The van der Waals surface area contributed by atoms with Crippen LogP contribution < -0.4 is 11.1 Å². The Balaban J connectivity index is 0.00000225. The highest BCUT2D eigenvalue weighted by atomic mass is 35.5. The molecule has 1 aromatic carbocycles. The van der Waals surface area contributed by atoms with Crippen molar-refractivity contribution < 1.29 is 9.59 Å². The van der Waals surface area contributed by atoms with Gasteiger partial charge in [0.25, 0.3) is 5.91 Å². The summed E-state index contributed by atoms with van der Waals surface area (Å²) in [5.74, 6) is 0.732. The van der Waals surface area contributed by atoms with Gasteiger partial charge in [0.15, 0.2) is 0 Å². The van der Waals surface area contributed by atoms with E-state index in [1.54, 1.807) is 18.2 Å². The highest BCUT2D eigenvalue weighted by molar-refractivity contribution is 6.34. The fourth-order valence-corrected chi connectivity index (χ4v) is 5.53. The average molecular weight is 426 g/mol. The summed E-state index contributed by atoms with van der Waals surface area (Å²) in [5, 5.41) is 3.35. The molecule has 5 unspecified atom stereocenters. The number of likely N-dealkylation sites (tertiary alicyclic amines) is 1. The first-order valence-electron chi connectivity index (χ1n) is 10.1. The van der Waals surface area contributed by atoms with Gasteiger partial charge in [-0.25, -0.2) is 0 Å². The summed E-state index contributed by atoms with van der Waals surface area (Å²) in [5.41, 5.74) is 7.40. The lowest BCUT2D eigenvalue weighted by Gasteiger charge is -2.33. The second-order valence-electron chi connectivity index (χ2n) is 8.46. The van der Waals surface area contributed by atoms with Crippen molar-refractivity contribution in [1.82, 2.24) is 4.90 Å². The molecule has 28 heavy (non-hydrogen) atoms. The number of hydrogen-bond acceptors (Lipinski definition) is 3. The number of piperidine rings is 1. The lowest BCUT2D eigenvalue weighted by atomic mass is 9.84. The van der Waals surface area contributed by atoms with E-state index in [9.17, 15) is 9.59 Å². The van der Waals surface area contributed by atoms with E-state index >= 15 is 0 Å². The van der Waals surface area contributed by atoms with Gasteiger partial charge in [0.1, 0.15) is 0 Å². The van der Waals surface area contributed by atoms with Crippen molar-refractivity contribution in [3.63, 3.8) is 0 Å². The predicted octanol–water partition coefficient (Wildman–Crippen LogP) is 4.09. The van der Waals surface area contributed by atoms with Crippen LogP contribution in [-0.4, -0.2) is 35.3 Å². The monoisotopic (exact) mass is 425 g/mol. The Morgan fingerprint density at radius 2 is 1.93 bits per heavy atom. The molecule has 1 aromatic rings. The van der Waals surface area contributed by atoms with Crippen LogP contribution in [0.2, 0.25) is 5.02 Å². The third kappa shape index (κ3) is 3.89. The number of nitrogens with two attached hydrogens (primary N) is 1. The van der Waals surface area contributed by atoms with Crippen molar-refractivity contribution >= 4 is 41.5 Å². The zero-order valence-electron chi connectivity index (χ0n) is 16.2. The van der Waals surface area contributed by atoms with Crippen LogP contribution in [0.15, 0.2) is 18.2 Å². The van der Waals surface area contributed by atoms with Gasteiger partial charge in [0.05, 0.1) is 16.5 Å². The van der Waals surface area contributed by atoms with E-state index in [1.165, 1.54) is 0 Å². The van der Waals surface area contributed by atoms with Crippen LogP contribution in [0.25, 0.3) is 0 Å². The molecule has 7 heteroatoms. The molecule has 1 saturated heterocycles. The van der Waals surface area contributed by atoms with Crippen molar-refractivity contribution in [2.45, 2.75) is 57.5 Å².